The predicted octanol–water partition coefficient (Wildman–Crippen LogP) is 1.32. The first-order valence-electron chi connectivity index (χ1n) is 3.73. The highest BCUT2D eigenvalue weighted by atomic mass is 19.4. The summed E-state index contributed by atoms with van der Waals surface area (Å²) in [6.07, 6.45) is -3.09. The molecule has 0 aliphatic heterocycles. The van der Waals surface area contributed by atoms with Crippen LogP contribution in [-0.2, 0) is 0 Å². The van der Waals surface area contributed by atoms with Crippen LogP contribution in [0.1, 0.15) is 17.3 Å². The van der Waals surface area contributed by atoms with Crippen molar-refractivity contribution in [1.82, 2.24) is 9.97 Å². The predicted molar refractivity (Wildman–Crippen MR) is 41.2 cm³/mol. The number of hydrogen-bond acceptors (Lipinski definition) is 2. The summed E-state index contributed by atoms with van der Waals surface area (Å²) in [6, 6.07) is 0. The number of nitrogens with one attached hydrogen (secondary N) is 1. The van der Waals surface area contributed by atoms with Gasteiger partial charge in [-0.1, -0.05) is 0 Å². The molecule has 0 amide bonds. The van der Waals surface area contributed by atoms with E-state index in [-0.39, 0.29) is 5.69 Å². The standard InChI is InChI=1S/C7H10F3N3/c1-4-6(13-3-12-4)5(2-11)7(8,9)10/h3,5H,2,11H2,1H3,(H,12,13). The Balaban J connectivity index is 2.98. The molecule has 0 saturated carbocycles. The number of imidazole rings is 1. The van der Waals surface area contributed by atoms with Gasteiger partial charge in [0.2, 0.25) is 0 Å². The number of hydrogen-bond donors (Lipinski definition) is 2. The molecule has 0 aromatic carbocycles. The molecule has 0 spiro atoms. The van der Waals surface area contributed by atoms with E-state index in [0.717, 1.165) is 0 Å². The zero-order valence-corrected chi connectivity index (χ0v) is 7.02. The van der Waals surface area contributed by atoms with Crippen LogP contribution in [0.2, 0.25) is 0 Å². The molecule has 6 heteroatoms. The van der Waals surface area contributed by atoms with E-state index in [2.05, 4.69) is 9.97 Å². The topological polar surface area (TPSA) is 54.7 Å². The SMILES string of the molecule is Cc1[nH]cnc1C(CN)C(F)(F)F. The summed E-state index contributed by atoms with van der Waals surface area (Å²) in [5.74, 6) is -1.67. The van der Waals surface area contributed by atoms with Crippen molar-refractivity contribution in [3.63, 3.8) is 0 Å². The van der Waals surface area contributed by atoms with E-state index < -0.39 is 18.6 Å². The smallest absolute Gasteiger partial charge is 0.348 e. The Kier molecular flexibility index (Phi) is 2.60. The fourth-order valence-electron chi connectivity index (χ4n) is 1.12. The van der Waals surface area contributed by atoms with Crippen molar-refractivity contribution >= 4 is 0 Å². The Hall–Kier alpha value is -1.04. The molecule has 0 aliphatic rings. The van der Waals surface area contributed by atoms with E-state index in [1.54, 1.807) is 0 Å². The summed E-state index contributed by atoms with van der Waals surface area (Å²) in [5, 5.41) is 0. The Labute approximate surface area is 73.2 Å². The van der Waals surface area contributed by atoms with Gasteiger partial charge in [-0.05, 0) is 6.92 Å². The molecule has 1 aromatic heterocycles. The second-order valence-corrected chi connectivity index (χ2v) is 2.74. The molecule has 1 atom stereocenters. The van der Waals surface area contributed by atoms with Crippen LogP contribution in [0, 0.1) is 6.92 Å². The summed E-state index contributed by atoms with van der Waals surface area (Å²) >= 11 is 0. The van der Waals surface area contributed by atoms with Crippen LogP contribution >= 0.6 is 0 Å². The van der Waals surface area contributed by atoms with Crippen LogP contribution in [-0.4, -0.2) is 22.7 Å². The average molecular weight is 193 g/mol. The van der Waals surface area contributed by atoms with Gasteiger partial charge in [-0.25, -0.2) is 4.98 Å². The molecule has 1 unspecified atom stereocenters. The summed E-state index contributed by atoms with van der Waals surface area (Å²) in [7, 11) is 0. The number of aromatic amines is 1. The maximum Gasteiger partial charge on any atom is 0.398 e. The number of alkyl halides is 3. The normalized spacial score (nSPS) is 14.5. The van der Waals surface area contributed by atoms with Gasteiger partial charge >= 0.3 is 6.18 Å². The third-order valence-corrected chi connectivity index (χ3v) is 1.83. The van der Waals surface area contributed by atoms with Crippen LogP contribution in [0.3, 0.4) is 0 Å². The number of rotatable bonds is 2. The first-order chi connectivity index (χ1) is 5.96. The highest BCUT2D eigenvalue weighted by molar-refractivity contribution is 5.16. The van der Waals surface area contributed by atoms with E-state index in [9.17, 15) is 13.2 Å². The molecule has 1 rings (SSSR count). The first-order valence-corrected chi connectivity index (χ1v) is 3.73. The highest BCUT2D eigenvalue weighted by Crippen LogP contribution is 2.33. The van der Waals surface area contributed by atoms with Gasteiger partial charge in [-0.3, -0.25) is 0 Å². The minimum Gasteiger partial charge on any atom is -0.348 e. The van der Waals surface area contributed by atoms with Gasteiger partial charge in [0.1, 0.15) is 5.92 Å². The maximum atomic E-state index is 12.3. The molecule has 0 aliphatic carbocycles. The molecule has 1 heterocycles. The van der Waals surface area contributed by atoms with E-state index in [1.807, 2.05) is 0 Å². The minimum absolute atomic E-state index is 0.0185. The second-order valence-electron chi connectivity index (χ2n) is 2.74. The molecule has 0 radical (unpaired) electrons. The lowest BCUT2D eigenvalue weighted by Crippen LogP contribution is -2.28. The molecule has 3 nitrogen and oxygen atoms in total. The fourth-order valence-corrected chi connectivity index (χ4v) is 1.12. The summed E-state index contributed by atoms with van der Waals surface area (Å²) < 4.78 is 37.0. The van der Waals surface area contributed by atoms with Gasteiger partial charge in [0.15, 0.2) is 0 Å². The lowest BCUT2D eigenvalue weighted by atomic mass is 10.0. The van der Waals surface area contributed by atoms with Gasteiger partial charge in [0, 0.05) is 12.2 Å². The Morgan fingerprint density at radius 3 is 2.54 bits per heavy atom. The van der Waals surface area contributed by atoms with Crippen LogP contribution in [0.15, 0.2) is 6.33 Å². The third-order valence-electron chi connectivity index (χ3n) is 1.83. The van der Waals surface area contributed by atoms with Crippen molar-refractivity contribution < 1.29 is 13.2 Å². The molecular formula is C7H10F3N3. The van der Waals surface area contributed by atoms with Crippen molar-refractivity contribution in [2.75, 3.05) is 6.54 Å². The second kappa shape index (κ2) is 3.37. The van der Waals surface area contributed by atoms with E-state index in [0.29, 0.717) is 5.69 Å². The van der Waals surface area contributed by atoms with Crippen LogP contribution in [0.25, 0.3) is 0 Å². The van der Waals surface area contributed by atoms with Gasteiger partial charge < -0.3 is 10.7 Å². The van der Waals surface area contributed by atoms with Gasteiger partial charge in [0.05, 0.1) is 12.0 Å². The largest absolute Gasteiger partial charge is 0.398 e. The number of nitrogens with zero attached hydrogens (tertiary/aromatic N) is 1. The van der Waals surface area contributed by atoms with Crippen LogP contribution in [0.4, 0.5) is 13.2 Å². The number of halogens is 3. The average Bonchev–Trinajstić information content (AvgIpc) is 2.35. The van der Waals surface area contributed by atoms with E-state index in [4.69, 9.17) is 5.73 Å². The lowest BCUT2D eigenvalue weighted by molar-refractivity contribution is -0.148. The Morgan fingerprint density at radius 1 is 1.62 bits per heavy atom. The van der Waals surface area contributed by atoms with Crippen molar-refractivity contribution in [1.29, 1.82) is 0 Å². The molecule has 3 N–H and O–H groups in total. The van der Waals surface area contributed by atoms with Crippen LogP contribution in [0.5, 0.6) is 0 Å². The number of aromatic nitrogens is 2. The molecule has 13 heavy (non-hydrogen) atoms. The van der Waals surface area contributed by atoms with Crippen LogP contribution < -0.4 is 5.73 Å². The van der Waals surface area contributed by atoms with Crippen molar-refractivity contribution in [2.45, 2.75) is 19.0 Å². The zero-order valence-electron chi connectivity index (χ0n) is 7.02. The van der Waals surface area contributed by atoms with E-state index in [1.165, 1.54) is 13.3 Å². The lowest BCUT2D eigenvalue weighted by Gasteiger charge is -2.16. The monoisotopic (exact) mass is 193 g/mol. The summed E-state index contributed by atoms with van der Waals surface area (Å²) in [4.78, 5) is 6.19. The molecular weight excluding hydrogens is 183 g/mol. The van der Waals surface area contributed by atoms with Crippen molar-refractivity contribution in [2.24, 2.45) is 5.73 Å². The molecule has 74 valence electrons. The molecule has 0 bridgehead atoms. The maximum absolute atomic E-state index is 12.3. The summed E-state index contributed by atoms with van der Waals surface area (Å²) in [6.45, 7) is 1.06. The quantitative estimate of drug-likeness (QED) is 0.744. The molecule has 1 aromatic rings. The first kappa shape index (κ1) is 10.0. The summed E-state index contributed by atoms with van der Waals surface area (Å²) in [5.41, 5.74) is 5.44. The molecule has 0 fully saturated rings. The Morgan fingerprint density at radius 2 is 2.23 bits per heavy atom. The van der Waals surface area contributed by atoms with Gasteiger partial charge in [-0.2, -0.15) is 13.2 Å². The number of nitrogens with two attached hydrogens (primary N) is 1. The minimum atomic E-state index is -4.32. The Bertz CT molecular complexity index is 279. The zero-order chi connectivity index (χ0) is 10.1. The number of H-pyrrole nitrogens is 1. The van der Waals surface area contributed by atoms with Gasteiger partial charge in [0.25, 0.3) is 0 Å². The fraction of sp³-hybridized carbons (Fsp3) is 0.571. The third kappa shape index (κ3) is 2.00. The van der Waals surface area contributed by atoms with Gasteiger partial charge in [-0.15, -0.1) is 0 Å². The highest BCUT2D eigenvalue weighted by Gasteiger charge is 2.41. The van der Waals surface area contributed by atoms with Crippen molar-refractivity contribution in [3.8, 4) is 0 Å². The van der Waals surface area contributed by atoms with E-state index >= 15 is 0 Å². The number of aryl methyl sites for hydroxylation is 1. The molecule has 0 saturated heterocycles. The van der Waals surface area contributed by atoms with Crippen molar-refractivity contribution in [3.05, 3.63) is 17.7 Å².